The van der Waals surface area contributed by atoms with Crippen LogP contribution in [0.5, 0.6) is 0 Å². The Morgan fingerprint density at radius 3 is 1.83 bits per heavy atom. The zero-order valence-corrected chi connectivity index (χ0v) is 17.7. The molecule has 0 bridgehead atoms. The summed E-state index contributed by atoms with van der Waals surface area (Å²) in [4.78, 5) is 13.3. The fourth-order valence-electron chi connectivity index (χ4n) is 3.18. The van der Waals surface area contributed by atoms with Gasteiger partial charge in [-0.15, -0.1) is 0 Å². The zero-order chi connectivity index (χ0) is 20.7. The first-order valence-electron chi connectivity index (χ1n) is 9.37. The predicted octanol–water partition coefficient (Wildman–Crippen LogP) is 4.77. The summed E-state index contributed by atoms with van der Waals surface area (Å²) < 4.78 is 29.0. The van der Waals surface area contributed by atoms with E-state index in [0.29, 0.717) is 5.75 Å². The van der Waals surface area contributed by atoms with Gasteiger partial charge in [0.15, 0.2) is 5.12 Å². The second kappa shape index (κ2) is 9.87. The maximum Gasteiger partial charge on any atom is 0.241 e. The first kappa shape index (κ1) is 21.3. The minimum absolute atomic E-state index is 0.0664. The lowest BCUT2D eigenvalue weighted by Crippen LogP contribution is -2.35. The second-order valence-corrected chi connectivity index (χ2v) is 9.45. The van der Waals surface area contributed by atoms with Gasteiger partial charge in [0.2, 0.25) is 10.0 Å². The van der Waals surface area contributed by atoms with Gasteiger partial charge in [-0.3, -0.25) is 4.79 Å². The molecule has 0 saturated heterocycles. The third-order valence-electron chi connectivity index (χ3n) is 4.53. The van der Waals surface area contributed by atoms with Crippen LogP contribution >= 0.6 is 11.8 Å². The Balaban J connectivity index is 2.09. The van der Waals surface area contributed by atoms with E-state index in [9.17, 15) is 13.2 Å². The van der Waals surface area contributed by atoms with Crippen LogP contribution in [0.1, 0.15) is 30.0 Å². The Kier molecular flexibility index (Phi) is 7.25. The van der Waals surface area contributed by atoms with Crippen molar-refractivity contribution in [2.45, 2.75) is 23.8 Å². The largest absolute Gasteiger partial charge is 0.286 e. The maximum atomic E-state index is 13.1. The molecule has 0 unspecified atom stereocenters. The van der Waals surface area contributed by atoms with Crippen LogP contribution in [-0.4, -0.2) is 19.3 Å². The highest BCUT2D eigenvalue weighted by Gasteiger charge is 2.34. The standard InChI is InChI=1S/C23H23NO3S2/c1-2-28-23(25)21(18-12-6-3-7-13-18)22(19-14-8-4-9-15-19)24-29(26,27)20-16-10-5-11-17-20/h3-17,21-22,24H,2H2,1H3/t21-,22+/m0/s1. The fourth-order valence-corrected chi connectivity index (χ4v) is 5.18. The lowest BCUT2D eigenvalue weighted by atomic mass is 9.88. The molecule has 3 rings (SSSR count). The molecule has 3 aromatic rings. The van der Waals surface area contributed by atoms with Crippen LogP contribution < -0.4 is 4.72 Å². The Morgan fingerprint density at radius 1 is 0.828 bits per heavy atom. The molecule has 0 saturated carbocycles. The van der Waals surface area contributed by atoms with Crippen LogP contribution in [0.25, 0.3) is 0 Å². The lowest BCUT2D eigenvalue weighted by Gasteiger charge is -2.27. The Bertz CT molecular complexity index is 1020. The first-order chi connectivity index (χ1) is 14.0. The molecule has 150 valence electrons. The van der Waals surface area contributed by atoms with Gasteiger partial charge in [-0.25, -0.2) is 13.1 Å². The van der Waals surface area contributed by atoms with Gasteiger partial charge < -0.3 is 0 Å². The third kappa shape index (κ3) is 5.35. The lowest BCUT2D eigenvalue weighted by molar-refractivity contribution is -0.112. The molecular formula is C23H23NO3S2. The van der Waals surface area contributed by atoms with Crippen molar-refractivity contribution in [1.82, 2.24) is 4.72 Å². The molecule has 0 radical (unpaired) electrons. The van der Waals surface area contributed by atoms with Crippen molar-refractivity contribution in [3.63, 3.8) is 0 Å². The SMILES string of the molecule is CCSC(=O)[C@@H](c1ccccc1)[C@H](NS(=O)(=O)c1ccccc1)c1ccccc1. The van der Waals surface area contributed by atoms with Gasteiger partial charge in [-0.2, -0.15) is 0 Å². The van der Waals surface area contributed by atoms with E-state index in [4.69, 9.17) is 0 Å². The van der Waals surface area contributed by atoms with Gasteiger partial charge in [-0.1, -0.05) is 97.5 Å². The number of thioether (sulfide) groups is 1. The van der Waals surface area contributed by atoms with Gasteiger partial charge in [0, 0.05) is 0 Å². The van der Waals surface area contributed by atoms with Crippen molar-refractivity contribution in [3.8, 4) is 0 Å². The number of carbonyl (C=O) groups is 1. The molecule has 1 N–H and O–H groups in total. The number of nitrogens with one attached hydrogen (secondary N) is 1. The Labute approximate surface area is 176 Å². The number of sulfonamides is 1. The predicted molar refractivity (Wildman–Crippen MR) is 118 cm³/mol. The summed E-state index contributed by atoms with van der Waals surface area (Å²) in [5.74, 6) is -0.0307. The van der Waals surface area contributed by atoms with Crippen LogP contribution in [0, 0.1) is 0 Å². The van der Waals surface area contributed by atoms with Crippen LogP contribution in [0.3, 0.4) is 0 Å². The Hall–Kier alpha value is -2.41. The minimum Gasteiger partial charge on any atom is -0.286 e. The molecule has 0 aliphatic heterocycles. The van der Waals surface area contributed by atoms with E-state index in [1.54, 1.807) is 30.3 Å². The molecule has 0 spiro atoms. The molecule has 29 heavy (non-hydrogen) atoms. The summed E-state index contributed by atoms with van der Waals surface area (Å²) in [6.45, 7) is 1.91. The van der Waals surface area contributed by atoms with Crippen LogP contribution in [0.4, 0.5) is 0 Å². The average molecular weight is 426 g/mol. The summed E-state index contributed by atoms with van der Waals surface area (Å²) in [6.07, 6.45) is 0. The highest BCUT2D eigenvalue weighted by Crippen LogP contribution is 2.36. The molecular weight excluding hydrogens is 402 g/mol. The van der Waals surface area contributed by atoms with E-state index in [1.165, 1.54) is 11.8 Å². The van der Waals surface area contributed by atoms with Gasteiger partial charge >= 0.3 is 0 Å². The minimum atomic E-state index is -3.82. The quantitative estimate of drug-likeness (QED) is 0.565. The third-order valence-corrected chi connectivity index (χ3v) is 6.81. The molecule has 6 heteroatoms. The summed E-state index contributed by atoms with van der Waals surface area (Å²) in [5.41, 5.74) is 1.52. The molecule has 0 aromatic heterocycles. The van der Waals surface area contributed by atoms with E-state index >= 15 is 0 Å². The van der Waals surface area contributed by atoms with Gasteiger partial charge in [0.25, 0.3) is 0 Å². The Morgan fingerprint density at radius 2 is 1.31 bits per heavy atom. The van der Waals surface area contributed by atoms with E-state index in [-0.39, 0.29) is 10.0 Å². The van der Waals surface area contributed by atoms with Crippen molar-refractivity contribution in [1.29, 1.82) is 0 Å². The first-order valence-corrected chi connectivity index (χ1v) is 11.8. The van der Waals surface area contributed by atoms with Gasteiger partial charge in [0.05, 0.1) is 16.9 Å². The summed E-state index contributed by atoms with van der Waals surface area (Å²) in [7, 11) is -3.82. The normalized spacial score (nSPS) is 13.6. The van der Waals surface area contributed by atoms with Crippen LogP contribution in [-0.2, 0) is 14.8 Å². The highest BCUT2D eigenvalue weighted by molar-refractivity contribution is 8.13. The van der Waals surface area contributed by atoms with E-state index in [0.717, 1.165) is 11.1 Å². The number of benzene rings is 3. The summed E-state index contributed by atoms with van der Waals surface area (Å²) >= 11 is 1.21. The van der Waals surface area contributed by atoms with E-state index in [2.05, 4.69) is 4.72 Å². The van der Waals surface area contributed by atoms with E-state index < -0.39 is 22.0 Å². The van der Waals surface area contributed by atoms with E-state index in [1.807, 2.05) is 67.6 Å². The fraction of sp³-hybridized carbons (Fsp3) is 0.174. The topological polar surface area (TPSA) is 63.2 Å². The van der Waals surface area contributed by atoms with Crippen molar-refractivity contribution >= 4 is 26.9 Å². The number of hydrogen-bond acceptors (Lipinski definition) is 4. The summed E-state index contributed by atoms with van der Waals surface area (Å²) in [5, 5.41) is -0.0664. The van der Waals surface area contributed by atoms with Crippen LogP contribution in [0.15, 0.2) is 95.9 Å². The second-order valence-electron chi connectivity index (χ2n) is 6.46. The maximum absolute atomic E-state index is 13.1. The van der Waals surface area contributed by atoms with Gasteiger partial charge in [-0.05, 0) is 29.0 Å². The highest BCUT2D eigenvalue weighted by atomic mass is 32.2. The molecule has 4 nitrogen and oxygen atoms in total. The van der Waals surface area contributed by atoms with Crippen LogP contribution in [0.2, 0.25) is 0 Å². The number of hydrogen-bond donors (Lipinski definition) is 1. The van der Waals surface area contributed by atoms with Crippen molar-refractivity contribution < 1.29 is 13.2 Å². The molecule has 2 atom stereocenters. The number of carbonyl (C=O) groups excluding carboxylic acids is 1. The van der Waals surface area contributed by atoms with Crippen molar-refractivity contribution in [2.24, 2.45) is 0 Å². The zero-order valence-electron chi connectivity index (χ0n) is 16.1. The average Bonchev–Trinajstić information content (AvgIpc) is 2.75. The summed E-state index contributed by atoms with van der Waals surface area (Å²) in [6, 6.07) is 26.1. The molecule has 0 aliphatic rings. The molecule has 3 aromatic carbocycles. The number of rotatable bonds is 8. The van der Waals surface area contributed by atoms with Crippen molar-refractivity contribution in [2.75, 3.05) is 5.75 Å². The van der Waals surface area contributed by atoms with Gasteiger partial charge in [0.1, 0.15) is 0 Å². The van der Waals surface area contributed by atoms with Crippen molar-refractivity contribution in [3.05, 3.63) is 102 Å². The smallest absolute Gasteiger partial charge is 0.241 e. The molecule has 0 aliphatic carbocycles. The molecule has 0 amide bonds. The molecule has 0 fully saturated rings. The molecule has 0 heterocycles. The monoisotopic (exact) mass is 425 g/mol.